The van der Waals surface area contributed by atoms with Gasteiger partial charge < -0.3 is 18.6 Å². The second-order valence-electron chi connectivity index (χ2n) is 24.8. The Labute approximate surface area is 505 Å². The predicted molar refractivity (Wildman–Crippen MR) is 369 cm³/mol. The molecule has 2 aliphatic heterocycles. The summed E-state index contributed by atoms with van der Waals surface area (Å²) in [6, 6.07) is 109. The lowest BCUT2D eigenvalue weighted by molar-refractivity contribution is 0.590. The SMILES string of the molecule is CC(C)(C)c1cc2c3c(c1)-n1c4ccccc4c4c5c6ccccc6n(-c6ccccc6)c5cc(c41)B3c1cc3c(cc1N2c1c(-c2ccc(-c4ccccc4)cc2)cccc1-c1ccc(-c2ccccc2)cc1)c1ccccc1n3-c1ccccc1. The Hall–Kier alpha value is -10.9. The summed E-state index contributed by atoms with van der Waals surface area (Å²) < 4.78 is 7.69. The van der Waals surface area contributed by atoms with Gasteiger partial charge in [0.2, 0.25) is 0 Å². The Bertz CT molecular complexity index is 5360. The third kappa shape index (κ3) is 7.33. The molecular formula is C82H57BN4. The Morgan fingerprint density at radius 1 is 0.299 bits per heavy atom. The van der Waals surface area contributed by atoms with E-state index in [4.69, 9.17) is 0 Å². The van der Waals surface area contributed by atoms with E-state index in [9.17, 15) is 0 Å². The van der Waals surface area contributed by atoms with Crippen molar-refractivity contribution in [3.05, 3.63) is 297 Å². The van der Waals surface area contributed by atoms with E-state index in [2.05, 4.69) is 331 Å². The largest absolute Gasteiger partial charge is 0.310 e. The fourth-order valence-electron chi connectivity index (χ4n) is 15.0. The first-order valence-corrected chi connectivity index (χ1v) is 30.4. The number of anilines is 3. The zero-order valence-electron chi connectivity index (χ0n) is 48.6. The molecule has 18 rings (SSSR count). The maximum absolute atomic E-state index is 2.71. The predicted octanol–water partition coefficient (Wildman–Crippen LogP) is 19.6. The van der Waals surface area contributed by atoms with E-state index in [1.54, 1.807) is 0 Å². The third-order valence-electron chi connectivity index (χ3n) is 19.0. The molecular weight excluding hydrogens is 1050 g/mol. The molecule has 87 heavy (non-hydrogen) atoms. The van der Waals surface area contributed by atoms with Gasteiger partial charge in [0.15, 0.2) is 0 Å². The number of nitrogens with zero attached hydrogens (tertiary/aromatic N) is 4. The molecule has 5 heterocycles. The molecule has 0 bridgehead atoms. The van der Waals surface area contributed by atoms with Crippen LogP contribution < -0.4 is 21.3 Å². The Morgan fingerprint density at radius 2 is 0.736 bits per heavy atom. The number of aromatic nitrogens is 3. The second-order valence-corrected chi connectivity index (χ2v) is 24.8. The van der Waals surface area contributed by atoms with Crippen molar-refractivity contribution in [3.8, 4) is 61.6 Å². The van der Waals surface area contributed by atoms with Crippen molar-refractivity contribution in [3.63, 3.8) is 0 Å². The van der Waals surface area contributed by atoms with Crippen molar-refractivity contribution >= 4 is 106 Å². The van der Waals surface area contributed by atoms with Gasteiger partial charge in [-0.25, -0.2) is 0 Å². The van der Waals surface area contributed by atoms with E-state index in [1.165, 1.54) is 127 Å². The lowest BCUT2D eigenvalue weighted by Gasteiger charge is -2.43. The first-order valence-electron chi connectivity index (χ1n) is 30.4. The molecule has 0 unspecified atom stereocenters. The molecule has 0 radical (unpaired) electrons. The van der Waals surface area contributed by atoms with Gasteiger partial charge >= 0.3 is 0 Å². The number of hydrogen-bond donors (Lipinski definition) is 0. The van der Waals surface area contributed by atoms with Crippen LogP contribution in [0.3, 0.4) is 0 Å². The lowest BCUT2D eigenvalue weighted by atomic mass is 9.33. The summed E-state index contributed by atoms with van der Waals surface area (Å²) in [6.45, 7) is 6.96. The molecule has 0 N–H and O–H groups in total. The molecule has 0 saturated carbocycles. The highest BCUT2D eigenvalue weighted by atomic mass is 15.2. The summed E-state index contributed by atoms with van der Waals surface area (Å²) in [5, 5.41) is 7.52. The van der Waals surface area contributed by atoms with Gasteiger partial charge in [0, 0.05) is 71.9 Å². The van der Waals surface area contributed by atoms with E-state index < -0.39 is 0 Å². The Morgan fingerprint density at radius 3 is 1.30 bits per heavy atom. The van der Waals surface area contributed by atoms with Gasteiger partial charge in [-0.15, -0.1) is 0 Å². The van der Waals surface area contributed by atoms with Crippen LogP contribution in [0.25, 0.3) is 127 Å². The molecule has 0 saturated heterocycles. The number of hydrogen-bond acceptors (Lipinski definition) is 1. The normalized spacial score (nSPS) is 12.7. The van der Waals surface area contributed by atoms with Gasteiger partial charge in [0.1, 0.15) is 0 Å². The minimum absolute atomic E-state index is 0.182. The highest BCUT2D eigenvalue weighted by molar-refractivity contribution is 7.00. The van der Waals surface area contributed by atoms with Crippen LogP contribution in [0.15, 0.2) is 291 Å². The van der Waals surface area contributed by atoms with Crippen LogP contribution in [0.4, 0.5) is 17.1 Å². The van der Waals surface area contributed by atoms with E-state index in [0.717, 1.165) is 39.3 Å². The van der Waals surface area contributed by atoms with Crippen LogP contribution in [0, 0.1) is 0 Å². The van der Waals surface area contributed by atoms with Crippen molar-refractivity contribution in [1.29, 1.82) is 0 Å². The molecule has 16 aromatic rings. The van der Waals surface area contributed by atoms with Gasteiger partial charge in [0.25, 0.3) is 6.71 Å². The molecule has 0 fully saturated rings. The fraction of sp³-hybridized carbons (Fsp3) is 0.0488. The van der Waals surface area contributed by atoms with Crippen molar-refractivity contribution in [2.24, 2.45) is 0 Å². The van der Waals surface area contributed by atoms with Gasteiger partial charge in [-0.2, -0.15) is 0 Å². The van der Waals surface area contributed by atoms with Gasteiger partial charge in [-0.3, -0.25) is 0 Å². The number of rotatable bonds is 7. The smallest absolute Gasteiger partial charge is 0.252 e. The van der Waals surface area contributed by atoms with Crippen molar-refractivity contribution in [2.45, 2.75) is 26.2 Å². The third-order valence-corrected chi connectivity index (χ3v) is 19.0. The molecule has 0 atom stereocenters. The number of para-hydroxylation sites is 6. The van der Waals surface area contributed by atoms with Crippen LogP contribution in [0.5, 0.6) is 0 Å². The average molecular weight is 1110 g/mol. The first kappa shape index (κ1) is 49.5. The minimum Gasteiger partial charge on any atom is -0.310 e. The quantitative estimate of drug-likeness (QED) is 0.145. The summed E-state index contributed by atoms with van der Waals surface area (Å²) in [4.78, 5) is 2.71. The molecule has 0 spiro atoms. The first-order chi connectivity index (χ1) is 42.8. The van der Waals surface area contributed by atoms with E-state index in [-0.39, 0.29) is 12.1 Å². The molecule has 5 heteroatoms. The monoisotopic (exact) mass is 1110 g/mol. The van der Waals surface area contributed by atoms with Crippen molar-refractivity contribution < 1.29 is 0 Å². The lowest BCUT2D eigenvalue weighted by Crippen LogP contribution is -2.60. The van der Waals surface area contributed by atoms with Gasteiger partial charge in [-0.05, 0) is 134 Å². The molecule has 408 valence electrons. The summed E-state index contributed by atoms with van der Waals surface area (Å²) in [5.74, 6) is 0. The van der Waals surface area contributed by atoms with Crippen molar-refractivity contribution in [2.75, 3.05) is 4.90 Å². The van der Waals surface area contributed by atoms with Crippen LogP contribution >= 0.6 is 0 Å². The average Bonchev–Trinajstić information content (AvgIpc) is 1.63. The van der Waals surface area contributed by atoms with Crippen LogP contribution in [0.2, 0.25) is 0 Å². The summed E-state index contributed by atoms with van der Waals surface area (Å²) in [5.41, 5.74) is 28.6. The van der Waals surface area contributed by atoms with Gasteiger partial charge in [0.05, 0.1) is 38.8 Å². The fourth-order valence-corrected chi connectivity index (χ4v) is 15.0. The van der Waals surface area contributed by atoms with Crippen LogP contribution in [-0.4, -0.2) is 20.4 Å². The molecule has 4 nitrogen and oxygen atoms in total. The van der Waals surface area contributed by atoms with E-state index >= 15 is 0 Å². The maximum Gasteiger partial charge on any atom is 0.252 e. The topological polar surface area (TPSA) is 18.0 Å². The summed E-state index contributed by atoms with van der Waals surface area (Å²) in [6.07, 6.45) is 0. The zero-order chi connectivity index (χ0) is 57.6. The van der Waals surface area contributed by atoms with Crippen LogP contribution in [0.1, 0.15) is 26.3 Å². The van der Waals surface area contributed by atoms with Gasteiger partial charge in [-0.1, -0.05) is 239 Å². The minimum atomic E-state index is -0.224. The molecule has 13 aromatic carbocycles. The molecule has 2 aliphatic rings. The Balaban J connectivity index is 1.02. The summed E-state index contributed by atoms with van der Waals surface area (Å²) >= 11 is 0. The number of fused-ring (bicyclic) bond motifs is 14. The summed E-state index contributed by atoms with van der Waals surface area (Å²) in [7, 11) is 0. The maximum atomic E-state index is 2.71. The molecule has 3 aromatic heterocycles. The second kappa shape index (κ2) is 18.8. The Kier molecular flexibility index (Phi) is 10.7. The zero-order valence-corrected chi connectivity index (χ0v) is 48.6. The van der Waals surface area contributed by atoms with E-state index in [0.29, 0.717) is 0 Å². The number of benzene rings is 13. The standard InChI is InChI=1S/C82H57BN4/c1-82(2,3)58-47-75-79-76(48-58)87(80-61(56-43-39-54(40-44-56)52-23-8-4-9-24-52)34-22-35-62(80)57-45-41-55(42-46-57)53-25-10-5-11-26-53)73-49-66-63-31-16-19-36-69(63)84(59-27-12-6-13-28-59)72(66)50-67(73)83(79)68-51-74-77(78-65-33-18-21-38-71(65)86(75)81(68)78)64-32-17-20-37-70(64)85(74)60-29-14-7-15-30-60/h4-51H,1-3H3. The molecule has 0 aliphatic carbocycles. The highest BCUT2D eigenvalue weighted by Crippen LogP contribution is 2.52. The van der Waals surface area contributed by atoms with Crippen molar-refractivity contribution in [1.82, 2.24) is 13.7 Å². The molecule has 0 amide bonds. The van der Waals surface area contributed by atoms with Crippen LogP contribution in [-0.2, 0) is 5.41 Å². The highest BCUT2D eigenvalue weighted by Gasteiger charge is 2.45. The van der Waals surface area contributed by atoms with E-state index in [1.807, 2.05) is 0 Å².